The van der Waals surface area contributed by atoms with Gasteiger partial charge < -0.3 is 10.6 Å². The quantitative estimate of drug-likeness (QED) is 0.698. The van der Waals surface area contributed by atoms with Crippen molar-refractivity contribution in [1.82, 2.24) is 15.5 Å². The molecule has 1 heterocycles. The first-order chi connectivity index (χ1) is 7.63. The van der Waals surface area contributed by atoms with E-state index in [1.54, 1.807) is 0 Å². The predicted octanol–water partition coefficient (Wildman–Crippen LogP) is 0.585. The minimum absolute atomic E-state index is 0.108. The van der Waals surface area contributed by atoms with Gasteiger partial charge in [-0.1, -0.05) is 20.8 Å². The SMILES string of the molecule is CCN1CCCC1CNC(=O)CNC(C)C. The number of rotatable bonds is 6. The molecule has 1 aliphatic heterocycles. The molecule has 94 valence electrons. The van der Waals surface area contributed by atoms with E-state index in [2.05, 4.69) is 22.5 Å². The normalized spacial score (nSPS) is 21.6. The number of hydrogen-bond donors (Lipinski definition) is 2. The fourth-order valence-electron chi connectivity index (χ4n) is 2.13. The fraction of sp³-hybridized carbons (Fsp3) is 0.917. The van der Waals surface area contributed by atoms with Gasteiger partial charge in [0.2, 0.25) is 5.91 Å². The van der Waals surface area contributed by atoms with Gasteiger partial charge in [0.15, 0.2) is 0 Å². The molecule has 0 saturated carbocycles. The van der Waals surface area contributed by atoms with Crippen molar-refractivity contribution in [2.75, 3.05) is 26.2 Å². The fourth-order valence-corrected chi connectivity index (χ4v) is 2.13. The highest BCUT2D eigenvalue weighted by Crippen LogP contribution is 2.15. The van der Waals surface area contributed by atoms with Gasteiger partial charge in [-0.05, 0) is 25.9 Å². The van der Waals surface area contributed by atoms with E-state index in [4.69, 9.17) is 0 Å². The van der Waals surface area contributed by atoms with Crippen LogP contribution in [0.5, 0.6) is 0 Å². The van der Waals surface area contributed by atoms with Crippen molar-refractivity contribution in [3.63, 3.8) is 0 Å². The van der Waals surface area contributed by atoms with Crippen LogP contribution in [-0.4, -0.2) is 49.1 Å². The molecule has 1 fully saturated rings. The van der Waals surface area contributed by atoms with Crippen LogP contribution < -0.4 is 10.6 Å². The molecular formula is C12H25N3O. The lowest BCUT2D eigenvalue weighted by Crippen LogP contribution is -2.43. The van der Waals surface area contributed by atoms with Crippen molar-refractivity contribution >= 4 is 5.91 Å². The highest BCUT2D eigenvalue weighted by Gasteiger charge is 2.22. The zero-order valence-electron chi connectivity index (χ0n) is 10.8. The van der Waals surface area contributed by atoms with Crippen LogP contribution in [0, 0.1) is 0 Å². The van der Waals surface area contributed by atoms with Gasteiger partial charge in [-0.3, -0.25) is 9.69 Å². The van der Waals surface area contributed by atoms with E-state index < -0.39 is 0 Å². The summed E-state index contributed by atoms with van der Waals surface area (Å²) in [6.07, 6.45) is 2.48. The van der Waals surface area contributed by atoms with Crippen LogP contribution in [0.2, 0.25) is 0 Å². The largest absolute Gasteiger partial charge is 0.353 e. The Labute approximate surface area is 98.8 Å². The molecule has 1 atom stereocenters. The molecule has 0 aromatic rings. The van der Waals surface area contributed by atoms with Crippen LogP contribution >= 0.6 is 0 Å². The molecule has 2 N–H and O–H groups in total. The van der Waals surface area contributed by atoms with Crippen molar-refractivity contribution in [1.29, 1.82) is 0 Å². The molecule has 0 aliphatic carbocycles. The number of nitrogens with zero attached hydrogens (tertiary/aromatic N) is 1. The number of likely N-dealkylation sites (N-methyl/N-ethyl adjacent to an activating group) is 1. The van der Waals surface area contributed by atoms with Gasteiger partial charge in [-0.15, -0.1) is 0 Å². The Morgan fingerprint density at radius 1 is 1.50 bits per heavy atom. The number of amides is 1. The number of carbonyl (C=O) groups is 1. The number of nitrogens with one attached hydrogen (secondary N) is 2. The third-order valence-electron chi connectivity index (χ3n) is 3.11. The topological polar surface area (TPSA) is 44.4 Å². The molecule has 0 bridgehead atoms. The van der Waals surface area contributed by atoms with E-state index in [1.165, 1.54) is 19.4 Å². The molecule has 1 rings (SSSR count). The molecule has 0 aromatic carbocycles. The Kier molecular flexibility index (Phi) is 5.77. The Morgan fingerprint density at radius 3 is 2.88 bits per heavy atom. The zero-order chi connectivity index (χ0) is 12.0. The molecule has 1 saturated heterocycles. The van der Waals surface area contributed by atoms with Crippen molar-refractivity contribution in [2.45, 2.75) is 45.7 Å². The third kappa shape index (κ3) is 4.49. The average molecular weight is 227 g/mol. The minimum atomic E-state index is 0.108. The van der Waals surface area contributed by atoms with Crippen molar-refractivity contribution in [2.24, 2.45) is 0 Å². The van der Waals surface area contributed by atoms with Crippen molar-refractivity contribution in [3.05, 3.63) is 0 Å². The van der Waals surface area contributed by atoms with E-state index in [0.717, 1.165) is 13.1 Å². The van der Waals surface area contributed by atoms with Gasteiger partial charge in [-0.25, -0.2) is 0 Å². The maximum absolute atomic E-state index is 11.5. The van der Waals surface area contributed by atoms with E-state index in [0.29, 0.717) is 18.6 Å². The lowest BCUT2D eigenvalue weighted by Gasteiger charge is -2.23. The summed E-state index contributed by atoms with van der Waals surface area (Å²) in [7, 11) is 0. The molecule has 4 nitrogen and oxygen atoms in total. The van der Waals surface area contributed by atoms with E-state index in [-0.39, 0.29) is 5.91 Å². The van der Waals surface area contributed by atoms with Crippen molar-refractivity contribution in [3.8, 4) is 0 Å². The van der Waals surface area contributed by atoms with Crippen molar-refractivity contribution < 1.29 is 4.79 Å². The first-order valence-corrected chi connectivity index (χ1v) is 6.37. The van der Waals surface area contributed by atoms with Crippen LogP contribution in [0.4, 0.5) is 0 Å². The molecule has 1 aliphatic rings. The number of carbonyl (C=O) groups excluding carboxylic acids is 1. The smallest absolute Gasteiger partial charge is 0.234 e. The average Bonchev–Trinajstić information content (AvgIpc) is 2.70. The highest BCUT2D eigenvalue weighted by molar-refractivity contribution is 5.78. The summed E-state index contributed by atoms with van der Waals surface area (Å²) in [6.45, 7) is 9.77. The Balaban J connectivity index is 2.16. The molecule has 1 unspecified atom stereocenters. The number of hydrogen-bond acceptors (Lipinski definition) is 3. The lowest BCUT2D eigenvalue weighted by atomic mass is 10.2. The van der Waals surface area contributed by atoms with Gasteiger partial charge in [0.1, 0.15) is 0 Å². The van der Waals surface area contributed by atoms with Gasteiger partial charge in [0.25, 0.3) is 0 Å². The van der Waals surface area contributed by atoms with Crippen LogP contribution in [0.15, 0.2) is 0 Å². The molecule has 0 spiro atoms. The molecule has 4 heteroatoms. The second kappa shape index (κ2) is 6.86. The second-order valence-electron chi connectivity index (χ2n) is 4.76. The summed E-state index contributed by atoms with van der Waals surface area (Å²) in [5.41, 5.74) is 0. The maximum atomic E-state index is 11.5. The first-order valence-electron chi connectivity index (χ1n) is 6.37. The molecule has 0 radical (unpaired) electrons. The van der Waals surface area contributed by atoms with Crippen LogP contribution in [0.25, 0.3) is 0 Å². The Hall–Kier alpha value is -0.610. The summed E-state index contributed by atoms with van der Waals surface area (Å²) in [4.78, 5) is 13.9. The monoisotopic (exact) mass is 227 g/mol. The molecule has 16 heavy (non-hydrogen) atoms. The summed E-state index contributed by atoms with van der Waals surface area (Å²) >= 11 is 0. The second-order valence-corrected chi connectivity index (χ2v) is 4.76. The molecular weight excluding hydrogens is 202 g/mol. The van der Waals surface area contributed by atoms with Crippen LogP contribution in [0.1, 0.15) is 33.6 Å². The summed E-state index contributed by atoms with van der Waals surface area (Å²) in [5, 5.41) is 6.12. The Bertz CT molecular complexity index is 218. The standard InChI is InChI=1S/C12H25N3O/c1-4-15-7-5-6-11(15)8-14-12(16)9-13-10(2)3/h10-11,13H,4-9H2,1-3H3,(H,14,16). The van der Waals surface area contributed by atoms with E-state index in [9.17, 15) is 4.79 Å². The summed E-state index contributed by atoms with van der Waals surface area (Å²) in [6, 6.07) is 0.914. The van der Waals surface area contributed by atoms with Gasteiger partial charge >= 0.3 is 0 Å². The van der Waals surface area contributed by atoms with Gasteiger partial charge in [0.05, 0.1) is 6.54 Å². The molecule has 1 amide bonds. The third-order valence-corrected chi connectivity index (χ3v) is 3.11. The highest BCUT2D eigenvalue weighted by atomic mass is 16.1. The number of likely N-dealkylation sites (tertiary alicyclic amines) is 1. The van der Waals surface area contributed by atoms with E-state index in [1.807, 2.05) is 13.8 Å². The van der Waals surface area contributed by atoms with Crippen LogP contribution in [0.3, 0.4) is 0 Å². The van der Waals surface area contributed by atoms with Crippen LogP contribution in [-0.2, 0) is 4.79 Å². The summed E-state index contributed by atoms with van der Waals surface area (Å²) < 4.78 is 0. The van der Waals surface area contributed by atoms with Gasteiger partial charge in [-0.2, -0.15) is 0 Å². The lowest BCUT2D eigenvalue weighted by molar-refractivity contribution is -0.120. The first kappa shape index (κ1) is 13.5. The zero-order valence-corrected chi connectivity index (χ0v) is 10.8. The van der Waals surface area contributed by atoms with Gasteiger partial charge in [0, 0.05) is 18.6 Å². The van der Waals surface area contributed by atoms with E-state index >= 15 is 0 Å². The summed E-state index contributed by atoms with van der Waals surface area (Å²) in [5.74, 6) is 0.108. The predicted molar refractivity (Wildman–Crippen MR) is 66.4 cm³/mol. The minimum Gasteiger partial charge on any atom is -0.353 e. The molecule has 0 aromatic heterocycles. The Morgan fingerprint density at radius 2 is 2.25 bits per heavy atom. The maximum Gasteiger partial charge on any atom is 0.234 e.